The highest BCUT2D eigenvalue weighted by Gasteiger charge is 2.06. The first-order valence-corrected chi connectivity index (χ1v) is 7.50. The molecule has 1 amide bonds. The van der Waals surface area contributed by atoms with Crippen molar-refractivity contribution < 1.29 is 14.3 Å². The number of carbonyl (C=O) groups is 1. The zero-order valence-electron chi connectivity index (χ0n) is 13.2. The minimum Gasteiger partial charge on any atom is -0.382 e. The van der Waals surface area contributed by atoms with Crippen LogP contribution in [0.1, 0.15) is 6.42 Å². The molecule has 0 spiro atoms. The maximum atomic E-state index is 12.3. The first kappa shape index (κ1) is 17.1. The second kappa shape index (κ2) is 9.02. The molecule has 0 bridgehead atoms. The van der Waals surface area contributed by atoms with Crippen LogP contribution in [0.15, 0.2) is 35.4 Å². The summed E-state index contributed by atoms with van der Waals surface area (Å²) >= 11 is 0. The lowest BCUT2D eigenvalue weighted by Crippen LogP contribution is -2.30. The molecule has 0 atom stereocenters. The third-order valence-corrected chi connectivity index (χ3v) is 3.31. The van der Waals surface area contributed by atoms with E-state index in [1.165, 1.54) is 10.9 Å². The molecule has 1 heterocycles. The zero-order valence-corrected chi connectivity index (χ0v) is 13.2. The number of benzene rings is 1. The number of hydrogen-bond donors (Lipinski definition) is 1. The second-order valence-electron chi connectivity index (χ2n) is 4.97. The van der Waals surface area contributed by atoms with E-state index in [1.807, 2.05) is 6.07 Å². The van der Waals surface area contributed by atoms with E-state index in [1.54, 1.807) is 25.3 Å². The topological polar surface area (TPSA) is 82.4 Å². The number of carbonyl (C=O) groups excluding carboxylic acids is 1. The van der Waals surface area contributed by atoms with Crippen molar-refractivity contribution in [3.8, 4) is 0 Å². The molecule has 23 heavy (non-hydrogen) atoms. The van der Waals surface area contributed by atoms with Crippen LogP contribution in [0.2, 0.25) is 0 Å². The van der Waals surface area contributed by atoms with Crippen molar-refractivity contribution in [3.05, 3.63) is 40.9 Å². The molecule has 1 aromatic carbocycles. The number of methoxy groups -OCH3 is 1. The third-order valence-electron chi connectivity index (χ3n) is 3.31. The number of ether oxygens (including phenoxy) is 2. The van der Waals surface area contributed by atoms with Gasteiger partial charge >= 0.3 is 0 Å². The van der Waals surface area contributed by atoms with Gasteiger partial charge in [0, 0.05) is 26.6 Å². The summed E-state index contributed by atoms with van der Waals surface area (Å²) in [5.41, 5.74) is 0.526. The van der Waals surface area contributed by atoms with E-state index in [2.05, 4.69) is 10.3 Å². The van der Waals surface area contributed by atoms with Gasteiger partial charge in [0.05, 0.1) is 37.1 Å². The fraction of sp³-hybridized carbons (Fsp3) is 0.438. The van der Waals surface area contributed by atoms with E-state index in [0.29, 0.717) is 43.8 Å². The molecule has 7 heteroatoms. The lowest BCUT2D eigenvalue weighted by atomic mass is 10.2. The summed E-state index contributed by atoms with van der Waals surface area (Å²) in [6, 6.07) is 7.16. The molecule has 124 valence electrons. The van der Waals surface area contributed by atoms with E-state index in [0.717, 1.165) is 0 Å². The predicted molar refractivity (Wildman–Crippen MR) is 86.3 cm³/mol. The quantitative estimate of drug-likeness (QED) is 0.683. The largest absolute Gasteiger partial charge is 0.382 e. The first-order chi connectivity index (χ1) is 11.2. The summed E-state index contributed by atoms with van der Waals surface area (Å²) in [4.78, 5) is 28.2. The predicted octanol–water partition coefficient (Wildman–Crippen LogP) is 0.566. The number of rotatable bonds is 9. The standard InChI is InChI=1S/C16H21N3O4/c1-22-10-11-23-9-7-17-15(20)6-8-19-12-18-14-5-3-2-4-13(14)16(19)21/h2-5,12H,6-11H2,1H3,(H,17,20). The molecule has 2 rings (SSSR count). The Morgan fingerprint density at radius 2 is 2.09 bits per heavy atom. The molecule has 7 nitrogen and oxygen atoms in total. The normalized spacial score (nSPS) is 10.8. The average molecular weight is 319 g/mol. The molecule has 1 N–H and O–H groups in total. The SMILES string of the molecule is COCCOCCNC(=O)CCn1cnc2ccccc2c1=O. The van der Waals surface area contributed by atoms with Crippen LogP contribution >= 0.6 is 0 Å². The van der Waals surface area contributed by atoms with Crippen LogP contribution in [-0.4, -0.2) is 48.9 Å². The maximum Gasteiger partial charge on any atom is 0.261 e. The van der Waals surface area contributed by atoms with Crippen LogP contribution < -0.4 is 10.9 Å². The lowest BCUT2D eigenvalue weighted by molar-refractivity contribution is -0.121. The van der Waals surface area contributed by atoms with Crippen molar-refractivity contribution in [2.75, 3.05) is 33.5 Å². The minimum atomic E-state index is -0.133. The minimum absolute atomic E-state index is 0.125. The van der Waals surface area contributed by atoms with Crippen LogP contribution in [0.5, 0.6) is 0 Å². The number of aryl methyl sites for hydroxylation is 1. The van der Waals surface area contributed by atoms with Crippen molar-refractivity contribution in [2.24, 2.45) is 0 Å². The van der Waals surface area contributed by atoms with Gasteiger partial charge in [-0.15, -0.1) is 0 Å². The summed E-state index contributed by atoms with van der Waals surface area (Å²) in [6.45, 7) is 2.21. The van der Waals surface area contributed by atoms with Gasteiger partial charge < -0.3 is 14.8 Å². The van der Waals surface area contributed by atoms with Crippen molar-refractivity contribution in [1.29, 1.82) is 0 Å². The van der Waals surface area contributed by atoms with Crippen molar-refractivity contribution >= 4 is 16.8 Å². The fourth-order valence-electron chi connectivity index (χ4n) is 2.08. The van der Waals surface area contributed by atoms with Crippen molar-refractivity contribution in [2.45, 2.75) is 13.0 Å². The van der Waals surface area contributed by atoms with Gasteiger partial charge in [0.2, 0.25) is 5.91 Å². The summed E-state index contributed by atoms with van der Waals surface area (Å²) in [5, 5.41) is 3.30. The first-order valence-electron chi connectivity index (χ1n) is 7.50. The highest BCUT2D eigenvalue weighted by Crippen LogP contribution is 2.04. The number of para-hydroxylation sites is 1. The Morgan fingerprint density at radius 3 is 2.91 bits per heavy atom. The summed E-state index contributed by atoms with van der Waals surface area (Å²) in [6.07, 6.45) is 1.70. The van der Waals surface area contributed by atoms with E-state index in [4.69, 9.17) is 9.47 Å². The van der Waals surface area contributed by atoms with E-state index < -0.39 is 0 Å². The Hall–Kier alpha value is -2.25. The molecular formula is C16H21N3O4. The monoisotopic (exact) mass is 319 g/mol. The molecule has 0 radical (unpaired) electrons. The summed E-state index contributed by atoms with van der Waals surface area (Å²) in [5.74, 6) is -0.125. The third kappa shape index (κ3) is 5.15. The van der Waals surface area contributed by atoms with Crippen LogP contribution in [-0.2, 0) is 20.8 Å². The van der Waals surface area contributed by atoms with Gasteiger partial charge in [0.1, 0.15) is 0 Å². The second-order valence-corrected chi connectivity index (χ2v) is 4.97. The van der Waals surface area contributed by atoms with Gasteiger partial charge in [0.15, 0.2) is 0 Å². The zero-order chi connectivity index (χ0) is 16.5. The lowest BCUT2D eigenvalue weighted by Gasteiger charge is -2.08. The van der Waals surface area contributed by atoms with Gasteiger partial charge in [0.25, 0.3) is 5.56 Å². The Kier molecular flexibility index (Phi) is 6.71. The summed E-state index contributed by atoms with van der Waals surface area (Å²) in [7, 11) is 1.61. The van der Waals surface area contributed by atoms with Gasteiger partial charge in [-0.2, -0.15) is 0 Å². The highest BCUT2D eigenvalue weighted by molar-refractivity contribution is 5.77. The van der Waals surface area contributed by atoms with Crippen LogP contribution in [0, 0.1) is 0 Å². The van der Waals surface area contributed by atoms with Gasteiger partial charge in [-0.1, -0.05) is 12.1 Å². The van der Waals surface area contributed by atoms with Crippen molar-refractivity contribution in [1.82, 2.24) is 14.9 Å². The average Bonchev–Trinajstić information content (AvgIpc) is 2.57. The molecule has 0 saturated heterocycles. The Morgan fingerprint density at radius 1 is 1.26 bits per heavy atom. The molecule has 0 fully saturated rings. The van der Waals surface area contributed by atoms with Gasteiger partial charge in [-0.25, -0.2) is 4.98 Å². The summed E-state index contributed by atoms with van der Waals surface area (Å²) < 4.78 is 11.6. The molecule has 0 unspecified atom stereocenters. The van der Waals surface area contributed by atoms with E-state index in [-0.39, 0.29) is 17.9 Å². The molecule has 0 aliphatic carbocycles. The molecular weight excluding hydrogens is 298 g/mol. The van der Waals surface area contributed by atoms with Gasteiger partial charge in [-0.3, -0.25) is 14.2 Å². The number of nitrogens with one attached hydrogen (secondary N) is 1. The Bertz CT molecular complexity index is 699. The molecule has 0 aliphatic rings. The number of aromatic nitrogens is 2. The van der Waals surface area contributed by atoms with E-state index >= 15 is 0 Å². The number of fused-ring (bicyclic) bond motifs is 1. The fourth-order valence-corrected chi connectivity index (χ4v) is 2.08. The number of hydrogen-bond acceptors (Lipinski definition) is 5. The maximum absolute atomic E-state index is 12.3. The number of amides is 1. The van der Waals surface area contributed by atoms with E-state index in [9.17, 15) is 9.59 Å². The molecule has 1 aromatic heterocycles. The Labute approximate surface area is 134 Å². The van der Waals surface area contributed by atoms with Crippen LogP contribution in [0.3, 0.4) is 0 Å². The van der Waals surface area contributed by atoms with Crippen LogP contribution in [0.4, 0.5) is 0 Å². The molecule has 2 aromatic rings. The van der Waals surface area contributed by atoms with Gasteiger partial charge in [-0.05, 0) is 12.1 Å². The Balaban J connectivity index is 1.78. The molecule has 0 aliphatic heterocycles. The van der Waals surface area contributed by atoms with Crippen molar-refractivity contribution in [3.63, 3.8) is 0 Å². The number of nitrogens with zero attached hydrogens (tertiary/aromatic N) is 2. The van der Waals surface area contributed by atoms with Crippen LogP contribution in [0.25, 0.3) is 10.9 Å². The highest BCUT2D eigenvalue weighted by atomic mass is 16.5. The molecule has 0 saturated carbocycles. The smallest absolute Gasteiger partial charge is 0.261 e.